The Morgan fingerprint density at radius 3 is 2.00 bits per heavy atom. The van der Waals surface area contributed by atoms with E-state index >= 15 is 0 Å². The van der Waals surface area contributed by atoms with E-state index in [1.807, 2.05) is 27.7 Å². The summed E-state index contributed by atoms with van der Waals surface area (Å²) in [6.45, 7) is 12.7. The molecule has 3 atom stereocenters. The molecule has 0 rings (SSSR count). The Bertz CT molecular complexity index is 556. The molecule has 28 heavy (non-hydrogen) atoms. The Morgan fingerprint density at radius 1 is 1.00 bits per heavy atom. The summed E-state index contributed by atoms with van der Waals surface area (Å²) in [5.41, 5.74) is -0.703. The molecule has 9 heteroatoms. The normalized spacial score (nSPS) is 14.6. The van der Waals surface area contributed by atoms with Gasteiger partial charge in [-0.3, -0.25) is 14.4 Å². The van der Waals surface area contributed by atoms with E-state index in [1.54, 1.807) is 20.8 Å². The van der Waals surface area contributed by atoms with Gasteiger partial charge in [0, 0.05) is 0 Å². The van der Waals surface area contributed by atoms with E-state index < -0.39 is 48.1 Å². The van der Waals surface area contributed by atoms with Crippen molar-refractivity contribution in [1.29, 1.82) is 0 Å². The van der Waals surface area contributed by atoms with E-state index in [1.165, 1.54) is 0 Å². The molecule has 0 radical (unpaired) electrons. The number of carbonyl (C=O) groups excluding carboxylic acids is 3. The molecular formula is C19H35N3O6. The predicted molar refractivity (Wildman–Crippen MR) is 104 cm³/mol. The summed E-state index contributed by atoms with van der Waals surface area (Å²) in [4.78, 5) is 47.4. The highest BCUT2D eigenvalue weighted by molar-refractivity contribution is 5.93. The van der Waals surface area contributed by atoms with E-state index in [-0.39, 0.29) is 11.8 Å². The second kappa shape index (κ2) is 11.5. The summed E-state index contributed by atoms with van der Waals surface area (Å²) >= 11 is 0. The highest BCUT2D eigenvalue weighted by Gasteiger charge is 2.30. The van der Waals surface area contributed by atoms with Crippen LogP contribution in [-0.2, 0) is 19.1 Å². The molecule has 162 valence electrons. The van der Waals surface area contributed by atoms with Crippen molar-refractivity contribution >= 4 is 23.9 Å². The average Bonchev–Trinajstić information content (AvgIpc) is 2.48. The average molecular weight is 402 g/mol. The van der Waals surface area contributed by atoms with Crippen LogP contribution in [0.4, 0.5) is 4.79 Å². The maximum absolute atomic E-state index is 12.8. The van der Waals surface area contributed by atoms with Gasteiger partial charge in [-0.2, -0.15) is 0 Å². The lowest BCUT2D eigenvalue weighted by Crippen LogP contribution is -2.57. The SMILES string of the molecule is CC[C@H](C)[C@H](NC(=O)OC(C)(C)C)C(=O)N[C@@H](CC(C)C)NC(=O)CC(=O)O. The molecule has 0 saturated carbocycles. The molecule has 0 unspecified atom stereocenters. The van der Waals surface area contributed by atoms with Gasteiger partial charge in [-0.25, -0.2) is 4.79 Å². The zero-order chi connectivity index (χ0) is 22.1. The maximum Gasteiger partial charge on any atom is 0.408 e. The lowest BCUT2D eigenvalue weighted by atomic mass is 9.98. The smallest absolute Gasteiger partial charge is 0.408 e. The summed E-state index contributed by atoms with van der Waals surface area (Å²) in [6.07, 6.45) is -1.09. The summed E-state index contributed by atoms with van der Waals surface area (Å²) in [5.74, 6) is -2.46. The van der Waals surface area contributed by atoms with Crippen molar-refractivity contribution in [3.63, 3.8) is 0 Å². The first-order valence-electron chi connectivity index (χ1n) is 9.56. The first-order chi connectivity index (χ1) is 12.7. The van der Waals surface area contributed by atoms with Gasteiger partial charge in [0.1, 0.15) is 24.2 Å². The summed E-state index contributed by atoms with van der Waals surface area (Å²) in [6, 6.07) is -0.856. The Hall–Kier alpha value is -2.32. The zero-order valence-corrected chi connectivity index (χ0v) is 17.9. The van der Waals surface area contributed by atoms with Crippen molar-refractivity contribution in [2.45, 2.75) is 85.5 Å². The summed E-state index contributed by atoms with van der Waals surface area (Å²) in [5, 5.41) is 16.5. The third-order valence-electron chi connectivity index (χ3n) is 3.84. The highest BCUT2D eigenvalue weighted by atomic mass is 16.6. The summed E-state index contributed by atoms with van der Waals surface area (Å²) in [7, 11) is 0. The van der Waals surface area contributed by atoms with Crippen LogP contribution >= 0.6 is 0 Å². The number of hydrogen-bond acceptors (Lipinski definition) is 5. The molecule has 0 aromatic heterocycles. The molecule has 0 bridgehead atoms. The van der Waals surface area contributed by atoms with Gasteiger partial charge in [-0.15, -0.1) is 0 Å². The van der Waals surface area contributed by atoms with Crippen LogP contribution in [-0.4, -0.2) is 46.8 Å². The molecule has 3 amide bonds. The molecule has 9 nitrogen and oxygen atoms in total. The number of rotatable bonds is 10. The van der Waals surface area contributed by atoms with Crippen LogP contribution in [0, 0.1) is 11.8 Å². The minimum absolute atomic E-state index is 0.135. The van der Waals surface area contributed by atoms with Crippen molar-refractivity contribution in [2.24, 2.45) is 11.8 Å². The van der Waals surface area contributed by atoms with Crippen molar-refractivity contribution in [3.05, 3.63) is 0 Å². The van der Waals surface area contributed by atoms with Crippen LogP contribution in [0.5, 0.6) is 0 Å². The van der Waals surface area contributed by atoms with Gasteiger partial charge in [0.15, 0.2) is 0 Å². The highest BCUT2D eigenvalue weighted by Crippen LogP contribution is 2.12. The molecule has 0 aliphatic rings. The number of carboxylic acid groups (broad SMARTS) is 1. The van der Waals surface area contributed by atoms with E-state index in [9.17, 15) is 19.2 Å². The zero-order valence-electron chi connectivity index (χ0n) is 17.9. The number of carbonyl (C=O) groups is 4. The van der Waals surface area contributed by atoms with Gasteiger partial charge >= 0.3 is 12.1 Å². The third-order valence-corrected chi connectivity index (χ3v) is 3.84. The van der Waals surface area contributed by atoms with Gasteiger partial charge in [0.25, 0.3) is 0 Å². The van der Waals surface area contributed by atoms with E-state index in [2.05, 4.69) is 16.0 Å². The predicted octanol–water partition coefficient (Wildman–Crippen LogP) is 2.01. The van der Waals surface area contributed by atoms with Crippen LogP contribution in [0.1, 0.15) is 67.7 Å². The van der Waals surface area contributed by atoms with Crippen LogP contribution < -0.4 is 16.0 Å². The van der Waals surface area contributed by atoms with Crippen molar-refractivity contribution < 1.29 is 29.0 Å². The number of alkyl carbamates (subject to hydrolysis) is 1. The monoisotopic (exact) mass is 401 g/mol. The van der Waals surface area contributed by atoms with E-state index in [0.717, 1.165) is 0 Å². The van der Waals surface area contributed by atoms with Crippen molar-refractivity contribution in [1.82, 2.24) is 16.0 Å². The quantitative estimate of drug-likeness (QED) is 0.327. The Kier molecular flexibility index (Phi) is 10.6. The molecule has 0 saturated heterocycles. The van der Waals surface area contributed by atoms with Gasteiger partial charge in [-0.1, -0.05) is 34.1 Å². The van der Waals surface area contributed by atoms with Crippen LogP contribution in [0.2, 0.25) is 0 Å². The third kappa shape index (κ3) is 11.4. The second-order valence-corrected chi connectivity index (χ2v) is 8.34. The standard InChI is InChI=1S/C19H35N3O6/c1-8-12(4)16(22-18(27)28-19(5,6)7)17(26)21-13(9-11(2)3)20-14(23)10-15(24)25/h11-13,16H,8-10H2,1-7H3,(H,20,23)(H,21,26)(H,22,27)(H,24,25)/t12-,13-,16-/m0/s1. The lowest BCUT2D eigenvalue weighted by Gasteiger charge is -2.29. The number of hydrogen-bond donors (Lipinski definition) is 4. The fourth-order valence-corrected chi connectivity index (χ4v) is 2.41. The van der Waals surface area contributed by atoms with E-state index in [4.69, 9.17) is 9.84 Å². The first-order valence-corrected chi connectivity index (χ1v) is 9.56. The number of carboxylic acids is 1. The van der Waals surface area contributed by atoms with Crippen LogP contribution in [0.25, 0.3) is 0 Å². The molecule has 0 aromatic rings. The minimum atomic E-state index is -1.25. The second-order valence-electron chi connectivity index (χ2n) is 8.34. The van der Waals surface area contributed by atoms with Gasteiger partial charge in [0.05, 0.1) is 0 Å². The Balaban J connectivity index is 5.21. The lowest BCUT2D eigenvalue weighted by molar-refractivity contribution is -0.140. The van der Waals surface area contributed by atoms with Gasteiger partial charge in [-0.05, 0) is 39.0 Å². The molecule has 0 spiro atoms. The number of ether oxygens (including phenoxy) is 1. The number of aliphatic carboxylic acids is 1. The fraction of sp³-hybridized carbons (Fsp3) is 0.789. The van der Waals surface area contributed by atoms with Crippen molar-refractivity contribution in [2.75, 3.05) is 0 Å². The number of nitrogens with one attached hydrogen (secondary N) is 3. The van der Waals surface area contributed by atoms with Crippen LogP contribution in [0.15, 0.2) is 0 Å². The minimum Gasteiger partial charge on any atom is -0.481 e. The molecule has 4 N–H and O–H groups in total. The van der Waals surface area contributed by atoms with Crippen molar-refractivity contribution in [3.8, 4) is 0 Å². The van der Waals surface area contributed by atoms with Gasteiger partial charge < -0.3 is 25.8 Å². The molecular weight excluding hydrogens is 366 g/mol. The van der Waals surface area contributed by atoms with E-state index in [0.29, 0.717) is 12.8 Å². The fourth-order valence-electron chi connectivity index (χ4n) is 2.41. The Labute approximate surface area is 167 Å². The largest absolute Gasteiger partial charge is 0.481 e. The molecule has 0 aliphatic heterocycles. The first kappa shape index (κ1) is 25.7. The maximum atomic E-state index is 12.8. The molecule has 0 heterocycles. The molecule has 0 aromatic carbocycles. The summed E-state index contributed by atoms with van der Waals surface area (Å²) < 4.78 is 5.23. The molecule has 0 aliphatic carbocycles. The Morgan fingerprint density at radius 2 is 1.57 bits per heavy atom. The van der Waals surface area contributed by atoms with Crippen LogP contribution in [0.3, 0.4) is 0 Å². The molecule has 0 fully saturated rings. The van der Waals surface area contributed by atoms with Gasteiger partial charge in [0.2, 0.25) is 11.8 Å². The topological polar surface area (TPSA) is 134 Å². The number of amides is 3.